The minimum absolute atomic E-state index is 0.0772. The van der Waals surface area contributed by atoms with E-state index < -0.39 is 84.5 Å². The van der Waals surface area contributed by atoms with E-state index in [-0.39, 0.29) is 6.92 Å². The van der Waals surface area contributed by atoms with Crippen molar-refractivity contribution in [2.75, 3.05) is 6.61 Å². The van der Waals surface area contributed by atoms with E-state index in [1.165, 1.54) is 0 Å². The van der Waals surface area contributed by atoms with E-state index in [0.717, 1.165) is 0 Å². The van der Waals surface area contributed by atoms with Crippen molar-refractivity contribution in [1.29, 1.82) is 0 Å². The van der Waals surface area contributed by atoms with Crippen LogP contribution in [0.3, 0.4) is 0 Å². The molecule has 0 aromatic heterocycles. The van der Waals surface area contributed by atoms with Crippen molar-refractivity contribution >= 4 is 0 Å². The predicted molar refractivity (Wildman–Crippen MR) is 77.7 cm³/mol. The van der Waals surface area contributed by atoms with Gasteiger partial charge in [0.2, 0.25) is 0 Å². The zero-order chi connectivity index (χ0) is 31.8. The van der Waals surface area contributed by atoms with Crippen molar-refractivity contribution in [3.63, 3.8) is 0 Å². The Morgan fingerprint density at radius 3 is 1.00 bits per heavy atom. The summed E-state index contributed by atoms with van der Waals surface area (Å²) in [6.07, 6.45) is -3.46. The molecular formula is C15H11F21O2. The molecule has 0 bridgehead atoms. The molecule has 23 heteroatoms. The zero-order valence-corrected chi connectivity index (χ0v) is 17.6. The summed E-state index contributed by atoms with van der Waals surface area (Å²) in [5, 5.41) is 16.3. The molecule has 38 heavy (non-hydrogen) atoms. The van der Waals surface area contributed by atoms with E-state index in [0.29, 0.717) is 0 Å². The summed E-state index contributed by atoms with van der Waals surface area (Å²) < 4.78 is 266. The van der Waals surface area contributed by atoms with E-state index in [1.807, 2.05) is 0 Å². The summed E-state index contributed by atoms with van der Waals surface area (Å²) in [7, 11) is 0. The van der Waals surface area contributed by atoms with E-state index in [1.54, 1.807) is 0 Å². The third kappa shape index (κ3) is 4.06. The summed E-state index contributed by atoms with van der Waals surface area (Å²) in [4.78, 5) is 0. The molecule has 2 nitrogen and oxygen atoms in total. The summed E-state index contributed by atoms with van der Waals surface area (Å²) in [6.45, 7) is -4.11. The van der Waals surface area contributed by atoms with Gasteiger partial charge in [0.15, 0.2) is 0 Å². The fourth-order valence-corrected chi connectivity index (χ4v) is 2.43. The van der Waals surface area contributed by atoms with Crippen LogP contribution in [0.2, 0.25) is 0 Å². The van der Waals surface area contributed by atoms with Crippen LogP contribution in [-0.4, -0.2) is 87.8 Å². The zero-order valence-electron chi connectivity index (χ0n) is 17.6. The highest BCUT2D eigenvalue weighted by Crippen LogP contribution is 2.69. The van der Waals surface area contributed by atoms with Crippen molar-refractivity contribution in [3.8, 4) is 0 Å². The van der Waals surface area contributed by atoms with Gasteiger partial charge in [0.25, 0.3) is 5.67 Å². The number of alkyl halides is 21. The molecule has 2 N–H and O–H groups in total. The normalized spacial score (nSPS) is 25.2. The minimum atomic E-state index is -7.22. The molecule has 0 aliphatic heterocycles. The van der Waals surface area contributed by atoms with Crippen LogP contribution in [0.4, 0.5) is 92.2 Å². The first-order valence-electron chi connectivity index (χ1n) is 8.76. The molecule has 0 saturated heterocycles. The van der Waals surface area contributed by atoms with Gasteiger partial charge in [0.05, 0.1) is 6.61 Å². The summed E-state index contributed by atoms with van der Waals surface area (Å²) in [5.41, 5.74) is -6.26. The molecule has 0 heterocycles. The first-order chi connectivity index (χ1) is 16.0. The van der Waals surface area contributed by atoms with Crippen LogP contribution < -0.4 is 0 Å². The predicted octanol–water partition coefficient (Wildman–Crippen LogP) is 6.44. The second-order valence-corrected chi connectivity index (χ2v) is 7.74. The molecule has 0 amide bonds. The Morgan fingerprint density at radius 2 is 0.789 bits per heavy atom. The van der Waals surface area contributed by atoms with Gasteiger partial charge >= 0.3 is 59.2 Å². The minimum Gasteiger partial charge on any atom is -0.393 e. The lowest BCUT2D eigenvalue weighted by atomic mass is 9.72. The van der Waals surface area contributed by atoms with Gasteiger partial charge in [-0.25, -0.2) is 4.39 Å². The Labute approximate surface area is 195 Å². The molecule has 0 spiro atoms. The highest BCUT2D eigenvalue weighted by atomic mass is 19.4. The van der Waals surface area contributed by atoms with E-state index in [2.05, 4.69) is 0 Å². The quantitative estimate of drug-likeness (QED) is 0.335. The fraction of sp³-hybridized carbons (Fsp3) is 1.00. The molecule has 1 aliphatic carbocycles. The van der Waals surface area contributed by atoms with Crippen LogP contribution in [0.1, 0.15) is 13.8 Å². The van der Waals surface area contributed by atoms with Crippen LogP contribution in [0.5, 0.6) is 0 Å². The van der Waals surface area contributed by atoms with Gasteiger partial charge in [-0.2, -0.15) is 87.8 Å². The number of aliphatic hydroxyl groups excluding tert-OH is 2. The monoisotopic (exact) mass is 622 g/mol. The highest BCUT2D eigenvalue weighted by Gasteiger charge is 3.01. The van der Waals surface area contributed by atoms with Crippen LogP contribution >= 0.6 is 0 Å². The summed E-state index contributed by atoms with van der Waals surface area (Å²) in [6, 6.07) is 0. The van der Waals surface area contributed by atoms with Crippen molar-refractivity contribution in [1.82, 2.24) is 0 Å². The van der Waals surface area contributed by atoms with Crippen molar-refractivity contribution < 1.29 is 102 Å². The average molecular weight is 622 g/mol. The molecule has 1 atom stereocenters. The lowest BCUT2D eigenvalue weighted by Crippen LogP contribution is -2.84. The van der Waals surface area contributed by atoms with Crippen LogP contribution in [-0.2, 0) is 0 Å². The van der Waals surface area contributed by atoms with E-state index in [4.69, 9.17) is 10.2 Å². The molecule has 230 valence electrons. The molecule has 0 aromatic rings. The smallest absolute Gasteiger partial charge is 0.384 e. The maximum absolute atomic E-state index is 13.1. The van der Waals surface area contributed by atoms with E-state index >= 15 is 0 Å². The molecule has 0 radical (unpaired) electrons. The van der Waals surface area contributed by atoms with Crippen LogP contribution in [0.25, 0.3) is 0 Å². The Hall–Kier alpha value is -1.55. The van der Waals surface area contributed by atoms with Crippen LogP contribution in [0.15, 0.2) is 0 Å². The van der Waals surface area contributed by atoms with Gasteiger partial charge in [-0.3, -0.25) is 0 Å². The first kappa shape index (κ1) is 36.4. The van der Waals surface area contributed by atoms with Gasteiger partial charge in [-0.15, -0.1) is 0 Å². The van der Waals surface area contributed by atoms with Gasteiger partial charge in [-0.1, -0.05) is 0 Å². The maximum atomic E-state index is 13.1. The van der Waals surface area contributed by atoms with Crippen molar-refractivity contribution in [2.24, 2.45) is 0 Å². The van der Waals surface area contributed by atoms with Gasteiger partial charge in [0.1, 0.15) is 6.10 Å². The van der Waals surface area contributed by atoms with E-state index in [9.17, 15) is 92.2 Å². The Balaban J connectivity index is 0.000000721. The topological polar surface area (TPSA) is 40.5 Å². The second kappa shape index (κ2) is 8.98. The average Bonchev–Trinajstić information content (AvgIpc) is 2.70. The number of aliphatic hydroxyl groups is 2. The second-order valence-electron chi connectivity index (χ2n) is 7.74. The third-order valence-electron chi connectivity index (χ3n) is 5.07. The Morgan fingerprint density at radius 1 is 0.526 bits per heavy atom. The number of hydrogen-bond donors (Lipinski definition) is 2. The highest BCUT2D eigenvalue weighted by molar-refractivity contribution is 5.26. The van der Waals surface area contributed by atoms with Gasteiger partial charge in [-0.05, 0) is 6.92 Å². The number of halogens is 21. The molecule has 1 rings (SSSR count). The lowest BCUT2D eigenvalue weighted by molar-refractivity contribution is -0.487. The molecular weight excluding hydrogens is 611 g/mol. The summed E-state index contributed by atoms with van der Waals surface area (Å²) in [5.74, 6) is -67.8. The van der Waals surface area contributed by atoms with Gasteiger partial charge < -0.3 is 10.2 Å². The fourth-order valence-electron chi connectivity index (χ4n) is 2.43. The molecule has 1 fully saturated rings. The lowest BCUT2D eigenvalue weighted by Gasteiger charge is -2.51. The molecule has 1 unspecified atom stereocenters. The Kier molecular flexibility index (Phi) is 8.61. The molecule has 1 saturated carbocycles. The van der Waals surface area contributed by atoms with Crippen molar-refractivity contribution in [3.05, 3.63) is 0 Å². The molecule has 0 aromatic carbocycles. The molecule has 1 aliphatic rings. The third-order valence-corrected chi connectivity index (χ3v) is 5.07. The number of rotatable bonds is 6. The number of hydrogen-bond acceptors (Lipinski definition) is 2. The summed E-state index contributed by atoms with van der Waals surface area (Å²) >= 11 is 0. The first-order valence-corrected chi connectivity index (χ1v) is 8.76. The standard InChI is InChI=1S/C8H8F10O.C7H3F11O/c1-3(19)5(11,12)7(15,16)8(17,18)6(13,14)4(2,9)10;8-2(1-19)3(9,10)5(13,14)7(17,18)6(15,16)4(2,11)12/h3,19H,1-2H3;19H,1H2. The largest absolute Gasteiger partial charge is 0.393 e. The Bertz CT molecular complexity index is 809. The SMILES string of the molecule is CC(O)C(F)(F)C(F)(F)C(F)(F)C(F)(F)C(C)(F)F.OCC1(F)C(F)(F)C(F)(F)C(F)(F)C(F)(F)C1(F)F. The van der Waals surface area contributed by atoms with Gasteiger partial charge in [0, 0.05) is 6.92 Å². The van der Waals surface area contributed by atoms with Crippen molar-refractivity contribution in [2.45, 2.75) is 84.8 Å². The maximum Gasteiger partial charge on any atom is 0.384 e. The van der Waals surface area contributed by atoms with Crippen LogP contribution in [0, 0.1) is 0 Å².